The Balaban J connectivity index is 2.06. The summed E-state index contributed by atoms with van der Waals surface area (Å²) in [5.41, 5.74) is 0.963. The predicted octanol–water partition coefficient (Wildman–Crippen LogP) is 4.41. The molecular formula is C18H18FNO4. The monoisotopic (exact) mass is 331 g/mol. The molecule has 0 radical (unpaired) electrons. The van der Waals surface area contributed by atoms with E-state index < -0.39 is 23.8 Å². The topological polar surface area (TPSA) is 67.8 Å². The number of benzene rings is 2. The molecule has 2 N–H and O–H groups in total. The van der Waals surface area contributed by atoms with Crippen LogP contribution in [0, 0.1) is 5.82 Å². The van der Waals surface area contributed by atoms with Crippen LogP contribution in [0.25, 0.3) is 0 Å². The minimum absolute atomic E-state index is 0.306. The summed E-state index contributed by atoms with van der Waals surface area (Å²) in [4.78, 5) is 12.0. The van der Waals surface area contributed by atoms with E-state index in [1.54, 1.807) is 37.5 Å². The number of carbonyl (C=O) groups is 1. The van der Waals surface area contributed by atoms with E-state index in [-0.39, 0.29) is 0 Å². The smallest absolute Gasteiger partial charge is 0.412 e. The Kier molecular flexibility index (Phi) is 5.78. The van der Waals surface area contributed by atoms with Crippen molar-refractivity contribution in [2.45, 2.75) is 12.5 Å². The fourth-order valence-corrected chi connectivity index (χ4v) is 2.08. The molecular weight excluding hydrogens is 313 g/mol. The molecule has 2 aromatic carbocycles. The largest absolute Gasteiger partial charge is 0.505 e. The number of halogens is 1. The Bertz CT molecular complexity index is 715. The molecule has 0 heterocycles. The summed E-state index contributed by atoms with van der Waals surface area (Å²) in [7, 11) is 1.55. The lowest BCUT2D eigenvalue weighted by Gasteiger charge is -2.17. The average molecular weight is 331 g/mol. The van der Waals surface area contributed by atoms with Crippen LogP contribution in [-0.2, 0) is 4.74 Å². The molecule has 0 spiro atoms. The molecule has 0 aliphatic rings. The van der Waals surface area contributed by atoms with Gasteiger partial charge in [0, 0.05) is 12.1 Å². The maximum atomic E-state index is 13.5. The summed E-state index contributed by atoms with van der Waals surface area (Å²) >= 11 is 0. The number of amides is 1. The molecule has 0 bridgehead atoms. The third-order valence-electron chi connectivity index (χ3n) is 3.31. The van der Waals surface area contributed by atoms with Crippen molar-refractivity contribution >= 4 is 11.8 Å². The standard InChI is InChI=1S/C18H18FNO4/c1-3-4-17(12-5-10-16(21)15(19)11-12)24-18(22)20-13-6-8-14(23-2)9-7-13/h3,5-11,17,21H,1,4H2,2H3,(H,20,22)/t17-/m0/s1. The summed E-state index contributed by atoms with van der Waals surface area (Å²) in [5, 5.41) is 11.8. The van der Waals surface area contributed by atoms with Crippen molar-refractivity contribution in [3.05, 3.63) is 66.5 Å². The Morgan fingerprint density at radius 2 is 2.04 bits per heavy atom. The van der Waals surface area contributed by atoms with Crippen LogP contribution in [0.15, 0.2) is 55.1 Å². The van der Waals surface area contributed by atoms with Crippen molar-refractivity contribution in [3.8, 4) is 11.5 Å². The number of rotatable bonds is 6. The number of phenols is 1. The molecule has 0 fully saturated rings. The van der Waals surface area contributed by atoms with E-state index in [0.29, 0.717) is 23.4 Å². The number of nitrogens with one attached hydrogen (secondary N) is 1. The lowest BCUT2D eigenvalue weighted by Crippen LogP contribution is -2.17. The molecule has 5 nitrogen and oxygen atoms in total. The summed E-state index contributed by atoms with van der Waals surface area (Å²) in [6.07, 6.45) is 0.479. The van der Waals surface area contributed by atoms with Crippen molar-refractivity contribution in [2.24, 2.45) is 0 Å². The fraction of sp³-hybridized carbons (Fsp3) is 0.167. The van der Waals surface area contributed by atoms with Gasteiger partial charge in [0.2, 0.25) is 0 Å². The van der Waals surface area contributed by atoms with Gasteiger partial charge in [-0.05, 0) is 42.0 Å². The number of anilines is 1. The second-order valence-electron chi connectivity index (χ2n) is 4.98. The first-order chi connectivity index (χ1) is 11.5. The lowest BCUT2D eigenvalue weighted by molar-refractivity contribution is 0.112. The van der Waals surface area contributed by atoms with Crippen LogP contribution < -0.4 is 10.1 Å². The number of hydrogen-bond acceptors (Lipinski definition) is 4. The first kappa shape index (κ1) is 17.3. The van der Waals surface area contributed by atoms with Gasteiger partial charge in [-0.2, -0.15) is 0 Å². The first-order valence-corrected chi connectivity index (χ1v) is 7.24. The van der Waals surface area contributed by atoms with Gasteiger partial charge in [-0.15, -0.1) is 6.58 Å². The van der Waals surface area contributed by atoms with E-state index in [1.165, 1.54) is 12.1 Å². The Morgan fingerprint density at radius 3 is 2.62 bits per heavy atom. The molecule has 2 rings (SSSR count). The molecule has 0 saturated heterocycles. The van der Waals surface area contributed by atoms with Gasteiger partial charge in [-0.25, -0.2) is 9.18 Å². The molecule has 0 saturated carbocycles. The third kappa shape index (κ3) is 4.49. The quantitative estimate of drug-likeness (QED) is 0.770. The van der Waals surface area contributed by atoms with Crippen molar-refractivity contribution in [1.29, 1.82) is 0 Å². The van der Waals surface area contributed by atoms with Crippen LogP contribution in [-0.4, -0.2) is 18.3 Å². The SMILES string of the molecule is C=CC[C@H](OC(=O)Nc1ccc(OC)cc1)c1ccc(O)c(F)c1. The molecule has 1 amide bonds. The van der Waals surface area contributed by atoms with E-state index in [2.05, 4.69) is 11.9 Å². The Morgan fingerprint density at radius 1 is 1.33 bits per heavy atom. The third-order valence-corrected chi connectivity index (χ3v) is 3.31. The van der Waals surface area contributed by atoms with Crippen molar-refractivity contribution < 1.29 is 23.8 Å². The molecule has 1 atom stereocenters. The number of phenolic OH excluding ortho intramolecular Hbond substituents is 1. The van der Waals surface area contributed by atoms with Gasteiger partial charge in [0.25, 0.3) is 0 Å². The van der Waals surface area contributed by atoms with Crippen LogP contribution in [0.1, 0.15) is 18.1 Å². The van der Waals surface area contributed by atoms with Crippen molar-refractivity contribution in [2.75, 3.05) is 12.4 Å². The molecule has 0 unspecified atom stereocenters. The second kappa shape index (κ2) is 8.01. The Hall–Kier alpha value is -3.02. The minimum atomic E-state index is -0.777. The van der Waals surface area contributed by atoms with Gasteiger partial charge in [0.1, 0.15) is 11.9 Å². The molecule has 126 valence electrons. The average Bonchev–Trinajstić information content (AvgIpc) is 2.57. The molecule has 6 heteroatoms. The summed E-state index contributed by atoms with van der Waals surface area (Å²) in [5.74, 6) is -0.572. The Labute approximate surface area is 139 Å². The fourth-order valence-electron chi connectivity index (χ4n) is 2.08. The van der Waals surface area contributed by atoms with Gasteiger partial charge in [0.15, 0.2) is 11.6 Å². The minimum Gasteiger partial charge on any atom is -0.505 e. The highest BCUT2D eigenvalue weighted by atomic mass is 19.1. The zero-order valence-electron chi connectivity index (χ0n) is 13.2. The van der Waals surface area contributed by atoms with Gasteiger partial charge in [0.05, 0.1) is 7.11 Å². The van der Waals surface area contributed by atoms with E-state index >= 15 is 0 Å². The number of ether oxygens (including phenoxy) is 2. The van der Waals surface area contributed by atoms with Crippen LogP contribution in [0.4, 0.5) is 14.9 Å². The summed E-state index contributed by atoms with van der Waals surface area (Å²) in [6.45, 7) is 3.61. The first-order valence-electron chi connectivity index (χ1n) is 7.24. The van der Waals surface area contributed by atoms with Gasteiger partial charge in [-0.3, -0.25) is 5.32 Å². The highest BCUT2D eigenvalue weighted by molar-refractivity contribution is 5.84. The van der Waals surface area contributed by atoms with Crippen LogP contribution in [0.3, 0.4) is 0 Å². The van der Waals surface area contributed by atoms with Crippen molar-refractivity contribution in [1.82, 2.24) is 0 Å². The van der Waals surface area contributed by atoms with Crippen LogP contribution >= 0.6 is 0 Å². The molecule has 0 aromatic heterocycles. The summed E-state index contributed by atoms with van der Waals surface area (Å²) < 4.78 is 23.9. The molecule has 2 aromatic rings. The number of carbonyl (C=O) groups excluding carboxylic acids is 1. The maximum absolute atomic E-state index is 13.5. The van der Waals surface area contributed by atoms with Crippen LogP contribution in [0.2, 0.25) is 0 Å². The van der Waals surface area contributed by atoms with E-state index in [4.69, 9.17) is 9.47 Å². The van der Waals surface area contributed by atoms with Crippen LogP contribution in [0.5, 0.6) is 11.5 Å². The highest BCUT2D eigenvalue weighted by Crippen LogP contribution is 2.26. The van der Waals surface area contributed by atoms with E-state index in [1.807, 2.05) is 0 Å². The zero-order chi connectivity index (χ0) is 17.5. The summed E-state index contributed by atoms with van der Waals surface area (Å²) in [6, 6.07) is 10.6. The molecule has 0 aliphatic carbocycles. The zero-order valence-corrected chi connectivity index (χ0v) is 13.2. The van der Waals surface area contributed by atoms with Crippen molar-refractivity contribution in [3.63, 3.8) is 0 Å². The highest BCUT2D eigenvalue weighted by Gasteiger charge is 2.17. The van der Waals surface area contributed by atoms with E-state index in [0.717, 1.165) is 6.07 Å². The normalized spacial score (nSPS) is 11.4. The van der Waals surface area contributed by atoms with Gasteiger partial charge in [-0.1, -0.05) is 12.1 Å². The van der Waals surface area contributed by atoms with E-state index in [9.17, 15) is 14.3 Å². The molecule has 0 aliphatic heterocycles. The number of hydrogen-bond donors (Lipinski definition) is 2. The van der Waals surface area contributed by atoms with Gasteiger partial charge < -0.3 is 14.6 Å². The van der Waals surface area contributed by atoms with Gasteiger partial charge >= 0.3 is 6.09 Å². The number of methoxy groups -OCH3 is 1. The maximum Gasteiger partial charge on any atom is 0.412 e. The lowest BCUT2D eigenvalue weighted by atomic mass is 10.1. The second-order valence-corrected chi connectivity index (χ2v) is 4.98. The predicted molar refractivity (Wildman–Crippen MR) is 88.7 cm³/mol. The molecule has 24 heavy (non-hydrogen) atoms. The number of aromatic hydroxyl groups is 1.